The molecule has 2 unspecified atom stereocenters. The lowest BCUT2D eigenvalue weighted by atomic mass is 9.86. The van der Waals surface area contributed by atoms with Crippen LogP contribution in [0.3, 0.4) is 0 Å². The van der Waals surface area contributed by atoms with Crippen LogP contribution in [0.5, 0.6) is 0 Å². The minimum absolute atomic E-state index is 0.0357. The van der Waals surface area contributed by atoms with Crippen molar-refractivity contribution in [3.05, 3.63) is 77.4 Å². The van der Waals surface area contributed by atoms with E-state index in [1.165, 1.54) is 5.57 Å². The maximum Gasteiger partial charge on any atom is 0.171 e. The molecule has 100 valence electrons. The van der Waals surface area contributed by atoms with Gasteiger partial charge in [-0.15, -0.1) is 0 Å². The van der Waals surface area contributed by atoms with Gasteiger partial charge in [0.2, 0.25) is 0 Å². The van der Waals surface area contributed by atoms with Crippen LogP contribution in [-0.2, 0) is 4.79 Å². The molecule has 20 heavy (non-hydrogen) atoms. The molecule has 0 heterocycles. The van der Waals surface area contributed by atoms with Crippen LogP contribution in [-0.4, -0.2) is 5.78 Å². The largest absolute Gasteiger partial charge is 0.293 e. The number of Topliss-reactive ketones (excluding diaryl/α,β-unsaturated/α-hetero) is 1. The summed E-state index contributed by atoms with van der Waals surface area (Å²) in [5.74, 6) is 0.485. The molecule has 0 saturated carbocycles. The molecular weight excluding hydrogens is 244 g/mol. The fourth-order valence-electron chi connectivity index (χ4n) is 3.13. The molecule has 1 nitrogen and oxygen atoms in total. The Bertz CT molecular complexity index is 653. The molecule has 2 atom stereocenters. The zero-order valence-electron chi connectivity index (χ0n) is 11.8. The van der Waals surface area contributed by atoms with E-state index in [9.17, 15) is 4.79 Å². The Kier molecular flexibility index (Phi) is 3.27. The highest BCUT2D eigenvalue weighted by molar-refractivity contribution is 6.26. The van der Waals surface area contributed by atoms with Crippen molar-refractivity contribution in [3.63, 3.8) is 0 Å². The van der Waals surface area contributed by atoms with Gasteiger partial charge >= 0.3 is 0 Å². The van der Waals surface area contributed by atoms with Gasteiger partial charge in [-0.25, -0.2) is 0 Å². The highest BCUT2D eigenvalue weighted by Crippen LogP contribution is 2.44. The predicted molar refractivity (Wildman–Crippen MR) is 82.4 cm³/mol. The third-order valence-electron chi connectivity index (χ3n) is 4.33. The molecule has 0 spiro atoms. The van der Waals surface area contributed by atoms with Crippen molar-refractivity contribution < 1.29 is 4.79 Å². The van der Waals surface area contributed by atoms with Crippen molar-refractivity contribution >= 4 is 11.4 Å². The maximum absolute atomic E-state index is 12.9. The number of benzene rings is 2. The van der Waals surface area contributed by atoms with Crippen molar-refractivity contribution in [2.75, 3.05) is 0 Å². The quantitative estimate of drug-likeness (QED) is 0.780. The number of rotatable bonds is 2. The first-order valence-electron chi connectivity index (χ1n) is 7.05. The minimum atomic E-state index is -0.0357. The molecule has 2 aromatic carbocycles. The van der Waals surface area contributed by atoms with E-state index in [-0.39, 0.29) is 17.6 Å². The highest BCUT2D eigenvalue weighted by atomic mass is 16.1. The average molecular weight is 262 g/mol. The smallest absolute Gasteiger partial charge is 0.171 e. The molecular formula is C19H18O. The number of carbonyl (C=O) groups is 1. The van der Waals surface area contributed by atoms with Gasteiger partial charge in [-0.2, -0.15) is 0 Å². The SMILES string of the molecule is CC1=C(c2ccccc2)C(=O)C(c2ccccc2)C1C. The monoisotopic (exact) mass is 262 g/mol. The van der Waals surface area contributed by atoms with E-state index in [0.717, 1.165) is 16.7 Å². The molecule has 1 aliphatic carbocycles. The molecule has 0 saturated heterocycles. The molecule has 1 aliphatic rings. The Morgan fingerprint density at radius 1 is 0.850 bits per heavy atom. The van der Waals surface area contributed by atoms with Gasteiger partial charge in [0.05, 0.1) is 5.92 Å². The Hall–Kier alpha value is -2.15. The minimum Gasteiger partial charge on any atom is -0.293 e. The fourth-order valence-corrected chi connectivity index (χ4v) is 3.13. The van der Waals surface area contributed by atoms with Crippen molar-refractivity contribution in [1.82, 2.24) is 0 Å². The molecule has 1 heteroatoms. The zero-order chi connectivity index (χ0) is 14.1. The zero-order valence-corrected chi connectivity index (χ0v) is 11.8. The van der Waals surface area contributed by atoms with Crippen LogP contribution in [0, 0.1) is 5.92 Å². The normalized spacial score (nSPS) is 22.4. The van der Waals surface area contributed by atoms with E-state index in [1.807, 2.05) is 48.5 Å². The Morgan fingerprint density at radius 2 is 1.40 bits per heavy atom. The molecule has 0 aliphatic heterocycles. The van der Waals surface area contributed by atoms with Crippen LogP contribution in [0.2, 0.25) is 0 Å². The van der Waals surface area contributed by atoms with E-state index in [4.69, 9.17) is 0 Å². The van der Waals surface area contributed by atoms with Crippen LogP contribution in [0.15, 0.2) is 66.2 Å². The number of hydrogen-bond donors (Lipinski definition) is 0. The second-order valence-electron chi connectivity index (χ2n) is 5.47. The summed E-state index contributed by atoms with van der Waals surface area (Å²) in [7, 11) is 0. The topological polar surface area (TPSA) is 17.1 Å². The third-order valence-corrected chi connectivity index (χ3v) is 4.33. The molecule has 0 N–H and O–H groups in total. The second-order valence-corrected chi connectivity index (χ2v) is 5.47. The Balaban J connectivity index is 2.04. The number of carbonyl (C=O) groups excluding carboxylic acids is 1. The van der Waals surface area contributed by atoms with Gasteiger partial charge in [0.15, 0.2) is 5.78 Å². The molecule has 2 aromatic rings. The first-order valence-corrected chi connectivity index (χ1v) is 7.05. The summed E-state index contributed by atoms with van der Waals surface area (Å²) in [6, 6.07) is 20.1. The molecule has 0 radical (unpaired) electrons. The van der Waals surface area contributed by atoms with E-state index in [1.54, 1.807) is 0 Å². The number of ketones is 1. The van der Waals surface area contributed by atoms with Gasteiger partial charge in [0.25, 0.3) is 0 Å². The summed E-state index contributed by atoms with van der Waals surface area (Å²) in [5, 5.41) is 0. The predicted octanol–water partition coefficient (Wildman–Crippen LogP) is 4.46. The Morgan fingerprint density at radius 3 is 2.00 bits per heavy atom. The molecule has 0 fully saturated rings. The lowest BCUT2D eigenvalue weighted by Crippen LogP contribution is -2.13. The Labute approximate surface area is 120 Å². The van der Waals surface area contributed by atoms with Crippen LogP contribution in [0.1, 0.15) is 30.9 Å². The fraction of sp³-hybridized carbons (Fsp3) is 0.211. The molecule has 0 bridgehead atoms. The van der Waals surface area contributed by atoms with Crippen molar-refractivity contribution in [2.24, 2.45) is 5.92 Å². The summed E-state index contributed by atoms with van der Waals surface area (Å²) in [6.45, 7) is 4.24. The summed E-state index contributed by atoms with van der Waals surface area (Å²) in [5.41, 5.74) is 4.28. The number of hydrogen-bond acceptors (Lipinski definition) is 1. The maximum atomic E-state index is 12.9. The summed E-state index contributed by atoms with van der Waals surface area (Å²) >= 11 is 0. The van der Waals surface area contributed by atoms with Crippen molar-refractivity contribution in [2.45, 2.75) is 19.8 Å². The van der Waals surface area contributed by atoms with E-state index in [2.05, 4.69) is 26.0 Å². The first kappa shape index (κ1) is 12.9. The summed E-state index contributed by atoms with van der Waals surface area (Å²) in [4.78, 5) is 12.9. The third kappa shape index (κ3) is 2.00. The number of allylic oxidation sites excluding steroid dienone is 2. The molecule has 0 aromatic heterocycles. The summed E-state index contributed by atoms with van der Waals surface area (Å²) in [6.07, 6.45) is 0. The summed E-state index contributed by atoms with van der Waals surface area (Å²) < 4.78 is 0. The molecule has 3 rings (SSSR count). The van der Waals surface area contributed by atoms with E-state index in [0.29, 0.717) is 0 Å². The van der Waals surface area contributed by atoms with Gasteiger partial charge in [-0.1, -0.05) is 73.2 Å². The second kappa shape index (κ2) is 5.09. The van der Waals surface area contributed by atoms with Gasteiger partial charge < -0.3 is 0 Å². The van der Waals surface area contributed by atoms with Crippen LogP contribution in [0.4, 0.5) is 0 Å². The van der Waals surface area contributed by atoms with Gasteiger partial charge in [-0.3, -0.25) is 4.79 Å². The van der Waals surface area contributed by atoms with E-state index >= 15 is 0 Å². The standard InChI is InChI=1S/C19H18O/c1-13-14(2)18(16-11-7-4-8-12-16)19(20)17(13)15-9-5-3-6-10-15/h3-13,17H,1-2H3. The van der Waals surface area contributed by atoms with Crippen molar-refractivity contribution in [1.29, 1.82) is 0 Å². The van der Waals surface area contributed by atoms with Crippen molar-refractivity contribution in [3.8, 4) is 0 Å². The van der Waals surface area contributed by atoms with E-state index < -0.39 is 0 Å². The van der Waals surface area contributed by atoms with Gasteiger partial charge in [0, 0.05) is 5.57 Å². The first-order chi connectivity index (χ1) is 9.70. The molecule has 0 amide bonds. The highest BCUT2D eigenvalue weighted by Gasteiger charge is 2.38. The van der Waals surface area contributed by atoms with Crippen LogP contribution >= 0.6 is 0 Å². The lowest BCUT2D eigenvalue weighted by molar-refractivity contribution is -0.115. The van der Waals surface area contributed by atoms with Crippen LogP contribution < -0.4 is 0 Å². The van der Waals surface area contributed by atoms with Gasteiger partial charge in [0.1, 0.15) is 0 Å². The average Bonchev–Trinajstić information content (AvgIpc) is 2.71. The van der Waals surface area contributed by atoms with Gasteiger partial charge in [-0.05, 0) is 24.0 Å². The lowest BCUT2D eigenvalue weighted by Gasteiger charge is -2.15. The van der Waals surface area contributed by atoms with Crippen LogP contribution in [0.25, 0.3) is 5.57 Å².